The summed E-state index contributed by atoms with van der Waals surface area (Å²) in [6, 6.07) is 0.704. The second-order valence-corrected chi connectivity index (χ2v) is 3.79. The minimum absolute atomic E-state index is 0.643. The highest BCUT2D eigenvalue weighted by atomic mass is 15.1. The molecule has 1 aliphatic rings. The van der Waals surface area contributed by atoms with Crippen LogP contribution in [0.15, 0.2) is 12.2 Å². The Morgan fingerprint density at radius 1 is 1.58 bits per heavy atom. The lowest BCUT2D eigenvalue weighted by Crippen LogP contribution is -2.36. The Bertz CT molecular complexity index is 154. The molecule has 0 aromatic rings. The van der Waals surface area contributed by atoms with Crippen LogP contribution >= 0.6 is 0 Å². The van der Waals surface area contributed by atoms with Gasteiger partial charge in [0.05, 0.1) is 0 Å². The highest BCUT2D eigenvalue weighted by molar-refractivity contribution is 4.99. The number of piperidine rings is 1. The van der Waals surface area contributed by atoms with Gasteiger partial charge in [-0.1, -0.05) is 18.6 Å². The third-order valence-electron chi connectivity index (χ3n) is 2.73. The molecule has 0 amide bonds. The van der Waals surface area contributed by atoms with Crippen molar-refractivity contribution < 1.29 is 0 Å². The summed E-state index contributed by atoms with van der Waals surface area (Å²) in [4.78, 5) is 2.43. The molecule has 0 aromatic heterocycles. The lowest BCUT2D eigenvalue weighted by molar-refractivity contribution is 0.184. The quantitative estimate of drug-likeness (QED) is 0.645. The fourth-order valence-electron chi connectivity index (χ4n) is 1.82. The number of rotatable bonds is 3. The summed E-state index contributed by atoms with van der Waals surface area (Å²) in [7, 11) is 2.20. The summed E-state index contributed by atoms with van der Waals surface area (Å²) in [5, 5.41) is 0. The van der Waals surface area contributed by atoms with Crippen molar-refractivity contribution in [2.24, 2.45) is 5.73 Å². The van der Waals surface area contributed by atoms with Crippen molar-refractivity contribution in [2.75, 3.05) is 20.1 Å². The standard InChI is InChI=1S/C10H20N2/c1-9(8-11)7-10-5-3-4-6-12(10)2/h10H,1,3-8,11H2,2H3. The molecule has 0 radical (unpaired) electrons. The van der Waals surface area contributed by atoms with Crippen molar-refractivity contribution >= 4 is 0 Å². The van der Waals surface area contributed by atoms with Gasteiger partial charge < -0.3 is 10.6 Å². The minimum atomic E-state index is 0.643. The van der Waals surface area contributed by atoms with E-state index in [1.165, 1.54) is 31.4 Å². The van der Waals surface area contributed by atoms with Crippen LogP contribution in [0.4, 0.5) is 0 Å². The SMILES string of the molecule is C=C(CN)CC1CCCCN1C. The molecule has 2 N–H and O–H groups in total. The third-order valence-corrected chi connectivity index (χ3v) is 2.73. The van der Waals surface area contributed by atoms with Gasteiger partial charge in [-0.05, 0) is 32.9 Å². The van der Waals surface area contributed by atoms with Gasteiger partial charge >= 0.3 is 0 Å². The molecule has 0 aromatic carbocycles. The van der Waals surface area contributed by atoms with Crippen molar-refractivity contribution in [3.05, 3.63) is 12.2 Å². The van der Waals surface area contributed by atoms with Crippen LogP contribution in [0.25, 0.3) is 0 Å². The van der Waals surface area contributed by atoms with Crippen LogP contribution in [0.1, 0.15) is 25.7 Å². The van der Waals surface area contributed by atoms with E-state index in [0.29, 0.717) is 12.6 Å². The average molecular weight is 168 g/mol. The Labute approximate surface area is 75.4 Å². The Kier molecular flexibility index (Phi) is 3.76. The Balaban J connectivity index is 2.33. The molecule has 12 heavy (non-hydrogen) atoms. The van der Waals surface area contributed by atoms with Crippen molar-refractivity contribution in [3.63, 3.8) is 0 Å². The maximum atomic E-state index is 5.52. The Morgan fingerprint density at radius 2 is 2.33 bits per heavy atom. The summed E-state index contributed by atoms with van der Waals surface area (Å²) in [5.41, 5.74) is 6.71. The Hall–Kier alpha value is -0.340. The highest BCUT2D eigenvalue weighted by Crippen LogP contribution is 2.19. The predicted octanol–water partition coefficient (Wildman–Crippen LogP) is 1.38. The summed E-state index contributed by atoms with van der Waals surface area (Å²) in [6.45, 7) is 5.83. The zero-order valence-corrected chi connectivity index (χ0v) is 8.05. The van der Waals surface area contributed by atoms with Crippen molar-refractivity contribution in [1.82, 2.24) is 4.90 Å². The first-order valence-corrected chi connectivity index (χ1v) is 4.81. The zero-order chi connectivity index (χ0) is 8.97. The van der Waals surface area contributed by atoms with E-state index in [9.17, 15) is 0 Å². The molecule has 0 bridgehead atoms. The summed E-state index contributed by atoms with van der Waals surface area (Å²) >= 11 is 0. The average Bonchev–Trinajstić information content (AvgIpc) is 2.09. The van der Waals surface area contributed by atoms with Gasteiger partial charge in [0.25, 0.3) is 0 Å². The van der Waals surface area contributed by atoms with Gasteiger partial charge in [-0.15, -0.1) is 0 Å². The molecule has 2 heteroatoms. The molecule has 0 spiro atoms. The molecule has 1 heterocycles. The fraction of sp³-hybridized carbons (Fsp3) is 0.800. The van der Waals surface area contributed by atoms with Crippen LogP contribution < -0.4 is 5.73 Å². The molecule has 1 atom stereocenters. The second-order valence-electron chi connectivity index (χ2n) is 3.79. The van der Waals surface area contributed by atoms with Gasteiger partial charge in [-0.2, -0.15) is 0 Å². The van der Waals surface area contributed by atoms with Crippen molar-refractivity contribution in [1.29, 1.82) is 0 Å². The Morgan fingerprint density at radius 3 is 2.92 bits per heavy atom. The largest absolute Gasteiger partial charge is 0.327 e. The van der Waals surface area contributed by atoms with Crippen molar-refractivity contribution in [2.45, 2.75) is 31.7 Å². The highest BCUT2D eigenvalue weighted by Gasteiger charge is 2.18. The van der Waals surface area contributed by atoms with E-state index in [1.54, 1.807) is 0 Å². The zero-order valence-electron chi connectivity index (χ0n) is 8.05. The van der Waals surface area contributed by atoms with Gasteiger partial charge in [0.1, 0.15) is 0 Å². The van der Waals surface area contributed by atoms with Crippen LogP contribution in [0, 0.1) is 0 Å². The third kappa shape index (κ3) is 2.61. The topological polar surface area (TPSA) is 29.3 Å². The van der Waals surface area contributed by atoms with Gasteiger partial charge in [0, 0.05) is 12.6 Å². The number of likely N-dealkylation sites (tertiary alicyclic amines) is 1. The van der Waals surface area contributed by atoms with Crippen LogP contribution in [0.3, 0.4) is 0 Å². The molecule has 2 nitrogen and oxygen atoms in total. The first kappa shape index (κ1) is 9.75. The summed E-state index contributed by atoms with van der Waals surface area (Å²) in [6.07, 6.45) is 5.12. The number of nitrogens with two attached hydrogens (primary N) is 1. The normalized spacial score (nSPS) is 25.7. The number of hydrogen-bond donors (Lipinski definition) is 1. The van der Waals surface area contributed by atoms with Crippen LogP contribution in [-0.4, -0.2) is 31.1 Å². The van der Waals surface area contributed by atoms with Crippen LogP contribution in [0.2, 0.25) is 0 Å². The van der Waals surface area contributed by atoms with E-state index in [0.717, 1.165) is 6.42 Å². The lowest BCUT2D eigenvalue weighted by atomic mass is 9.97. The molecule has 1 fully saturated rings. The predicted molar refractivity (Wildman–Crippen MR) is 53.1 cm³/mol. The molecule has 0 saturated carbocycles. The monoisotopic (exact) mass is 168 g/mol. The van der Waals surface area contributed by atoms with E-state index in [1.807, 2.05) is 0 Å². The molecule has 70 valence electrons. The van der Waals surface area contributed by atoms with Gasteiger partial charge in [0.2, 0.25) is 0 Å². The number of nitrogens with zero attached hydrogens (tertiary/aromatic N) is 1. The molecule has 1 rings (SSSR count). The lowest BCUT2D eigenvalue weighted by Gasteiger charge is -2.32. The summed E-state index contributed by atoms with van der Waals surface area (Å²) in [5.74, 6) is 0. The van der Waals surface area contributed by atoms with Gasteiger partial charge in [0.15, 0.2) is 0 Å². The molecule has 1 aliphatic heterocycles. The first-order valence-electron chi connectivity index (χ1n) is 4.81. The maximum absolute atomic E-state index is 5.52. The van der Waals surface area contributed by atoms with Gasteiger partial charge in [-0.25, -0.2) is 0 Å². The van der Waals surface area contributed by atoms with E-state index in [-0.39, 0.29) is 0 Å². The van der Waals surface area contributed by atoms with Crippen molar-refractivity contribution in [3.8, 4) is 0 Å². The minimum Gasteiger partial charge on any atom is -0.327 e. The van der Waals surface area contributed by atoms with E-state index < -0.39 is 0 Å². The molecule has 1 saturated heterocycles. The molecule has 1 unspecified atom stereocenters. The van der Waals surface area contributed by atoms with Crippen LogP contribution in [0.5, 0.6) is 0 Å². The van der Waals surface area contributed by atoms with E-state index >= 15 is 0 Å². The first-order chi connectivity index (χ1) is 5.74. The summed E-state index contributed by atoms with van der Waals surface area (Å²) < 4.78 is 0. The van der Waals surface area contributed by atoms with Gasteiger partial charge in [-0.3, -0.25) is 0 Å². The van der Waals surface area contributed by atoms with E-state index in [4.69, 9.17) is 5.73 Å². The smallest absolute Gasteiger partial charge is 0.0134 e. The fourth-order valence-corrected chi connectivity index (χ4v) is 1.82. The molecular weight excluding hydrogens is 148 g/mol. The van der Waals surface area contributed by atoms with Crippen LogP contribution in [-0.2, 0) is 0 Å². The number of hydrogen-bond acceptors (Lipinski definition) is 2. The second kappa shape index (κ2) is 4.63. The molecular formula is C10H20N2. The van der Waals surface area contributed by atoms with E-state index in [2.05, 4.69) is 18.5 Å². The molecule has 0 aliphatic carbocycles. The maximum Gasteiger partial charge on any atom is 0.0134 e.